The summed E-state index contributed by atoms with van der Waals surface area (Å²) < 4.78 is 0. The summed E-state index contributed by atoms with van der Waals surface area (Å²) in [6, 6.07) is 7.64. The summed E-state index contributed by atoms with van der Waals surface area (Å²) in [5, 5.41) is 2.57. The molecule has 0 heterocycles. The normalized spacial score (nSPS) is 9.42. The van der Waals surface area contributed by atoms with E-state index in [1.807, 2.05) is 24.3 Å². The van der Waals surface area contributed by atoms with Crippen LogP contribution < -0.4 is 11.1 Å². The third kappa shape index (κ3) is 2.36. The van der Waals surface area contributed by atoms with Crippen LogP contribution in [-0.4, -0.2) is 13.0 Å². The van der Waals surface area contributed by atoms with Crippen molar-refractivity contribution in [3.05, 3.63) is 29.8 Å². The molecule has 0 aromatic heterocycles. The van der Waals surface area contributed by atoms with E-state index in [1.165, 1.54) is 5.56 Å². The van der Waals surface area contributed by atoms with Crippen molar-refractivity contribution in [2.24, 2.45) is 5.73 Å². The fourth-order valence-corrected chi connectivity index (χ4v) is 1.00. The molecule has 0 aliphatic heterocycles. The number of hydrogen-bond donors (Lipinski definition) is 2. The smallest absolute Gasteiger partial charge is 0.211 e. The predicted octanol–water partition coefficient (Wildman–Crippen LogP) is 0.756. The lowest BCUT2D eigenvalue weighted by atomic mass is 10.1. The summed E-state index contributed by atoms with van der Waals surface area (Å²) in [6.07, 6.45) is 1.54. The van der Waals surface area contributed by atoms with Crippen molar-refractivity contribution >= 4 is 12.1 Å². The highest BCUT2D eigenvalue weighted by Gasteiger charge is 1.91. The first-order chi connectivity index (χ1) is 5.86. The molecule has 0 saturated heterocycles. The van der Waals surface area contributed by atoms with Crippen LogP contribution in [0.5, 0.6) is 0 Å². The van der Waals surface area contributed by atoms with Gasteiger partial charge >= 0.3 is 0 Å². The van der Waals surface area contributed by atoms with Crippen LogP contribution in [0.4, 0.5) is 5.69 Å². The van der Waals surface area contributed by atoms with Gasteiger partial charge in [0, 0.05) is 5.69 Å². The van der Waals surface area contributed by atoms with Gasteiger partial charge in [-0.2, -0.15) is 0 Å². The van der Waals surface area contributed by atoms with Gasteiger partial charge in [0.05, 0.1) is 0 Å². The molecule has 3 heteroatoms. The Kier molecular flexibility index (Phi) is 3.29. The number of anilines is 1. The van der Waals surface area contributed by atoms with E-state index < -0.39 is 0 Å². The summed E-state index contributed by atoms with van der Waals surface area (Å²) in [4.78, 5) is 10.1. The Hall–Kier alpha value is -1.35. The average molecular weight is 164 g/mol. The van der Waals surface area contributed by atoms with Crippen molar-refractivity contribution < 1.29 is 4.79 Å². The largest absolute Gasteiger partial charge is 0.330 e. The van der Waals surface area contributed by atoms with Gasteiger partial charge in [0.15, 0.2) is 0 Å². The second-order valence-corrected chi connectivity index (χ2v) is 2.50. The van der Waals surface area contributed by atoms with Gasteiger partial charge in [0.25, 0.3) is 0 Å². The second kappa shape index (κ2) is 4.51. The number of rotatable bonds is 4. The van der Waals surface area contributed by atoms with E-state index in [2.05, 4.69) is 5.32 Å². The molecule has 64 valence electrons. The standard InChI is InChI=1S/C9H12N2O/c10-6-5-8-1-3-9(4-2-8)11-7-12/h1-4,7H,5-6,10H2,(H,11,12). The highest BCUT2D eigenvalue weighted by molar-refractivity contribution is 5.70. The quantitative estimate of drug-likeness (QED) is 0.645. The molecule has 3 N–H and O–H groups in total. The van der Waals surface area contributed by atoms with Gasteiger partial charge < -0.3 is 11.1 Å². The number of nitrogens with one attached hydrogen (secondary N) is 1. The van der Waals surface area contributed by atoms with Crippen molar-refractivity contribution in [3.63, 3.8) is 0 Å². The molecule has 0 unspecified atom stereocenters. The number of nitrogens with two attached hydrogens (primary N) is 1. The zero-order chi connectivity index (χ0) is 8.81. The summed E-state index contributed by atoms with van der Waals surface area (Å²) in [7, 11) is 0. The van der Waals surface area contributed by atoms with Crippen LogP contribution in [0.25, 0.3) is 0 Å². The predicted molar refractivity (Wildman–Crippen MR) is 48.9 cm³/mol. The van der Waals surface area contributed by atoms with Crippen LogP contribution in [0, 0.1) is 0 Å². The third-order valence-corrected chi connectivity index (χ3v) is 1.61. The molecular weight excluding hydrogens is 152 g/mol. The highest BCUT2D eigenvalue weighted by Crippen LogP contribution is 2.08. The van der Waals surface area contributed by atoms with Gasteiger partial charge in [-0.15, -0.1) is 0 Å². The topological polar surface area (TPSA) is 55.1 Å². The zero-order valence-electron chi connectivity index (χ0n) is 6.79. The van der Waals surface area contributed by atoms with E-state index in [1.54, 1.807) is 0 Å². The number of carbonyl (C=O) groups is 1. The van der Waals surface area contributed by atoms with Gasteiger partial charge in [-0.05, 0) is 30.7 Å². The molecule has 1 amide bonds. The maximum Gasteiger partial charge on any atom is 0.211 e. The molecule has 1 aromatic rings. The summed E-state index contributed by atoms with van der Waals surface area (Å²) in [6.45, 7) is 0.653. The Labute approximate surface area is 71.6 Å². The molecule has 0 saturated carbocycles. The van der Waals surface area contributed by atoms with E-state index in [0.29, 0.717) is 13.0 Å². The summed E-state index contributed by atoms with van der Waals surface area (Å²) >= 11 is 0. The van der Waals surface area contributed by atoms with E-state index >= 15 is 0 Å². The lowest BCUT2D eigenvalue weighted by Gasteiger charge is -2.00. The van der Waals surface area contributed by atoms with E-state index in [4.69, 9.17) is 5.73 Å². The monoisotopic (exact) mass is 164 g/mol. The van der Waals surface area contributed by atoms with Crippen molar-refractivity contribution in [3.8, 4) is 0 Å². The van der Waals surface area contributed by atoms with Crippen LogP contribution in [0.1, 0.15) is 5.56 Å². The molecule has 1 rings (SSSR count). The molecule has 0 atom stereocenters. The van der Waals surface area contributed by atoms with E-state index in [0.717, 1.165) is 12.1 Å². The molecule has 0 aliphatic rings. The minimum atomic E-state index is 0.653. The lowest BCUT2D eigenvalue weighted by molar-refractivity contribution is -0.105. The minimum absolute atomic E-state index is 0.653. The number of hydrogen-bond acceptors (Lipinski definition) is 2. The first-order valence-corrected chi connectivity index (χ1v) is 3.86. The van der Waals surface area contributed by atoms with Crippen LogP contribution in [0.15, 0.2) is 24.3 Å². The maximum absolute atomic E-state index is 10.1. The molecule has 12 heavy (non-hydrogen) atoms. The molecule has 0 spiro atoms. The highest BCUT2D eigenvalue weighted by atomic mass is 16.1. The Morgan fingerprint density at radius 1 is 1.33 bits per heavy atom. The van der Waals surface area contributed by atoms with Crippen LogP contribution >= 0.6 is 0 Å². The zero-order valence-corrected chi connectivity index (χ0v) is 6.79. The Morgan fingerprint density at radius 3 is 2.50 bits per heavy atom. The van der Waals surface area contributed by atoms with Crippen LogP contribution in [0.2, 0.25) is 0 Å². The van der Waals surface area contributed by atoms with Crippen molar-refractivity contribution in [2.45, 2.75) is 6.42 Å². The second-order valence-electron chi connectivity index (χ2n) is 2.50. The maximum atomic E-state index is 10.1. The van der Waals surface area contributed by atoms with E-state index in [9.17, 15) is 4.79 Å². The number of benzene rings is 1. The molecule has 0 fully saturated rings. The van der Waals surface area contributed by atoms with Gasteiger partial charge in [-0.1, -0.05) is 12.1 Å². The lowest BCUT2D eigenvalue weighted by Crippen LogP contribution is -2.02. The van der Waals surface area contributed by atoms with Crippen LogP contribution in [-0.2, 0) is 11.2 Å². The van der Waals surface area contributed by atoms with Gasteiger partial charge in [0.2, 0.25) is 6.41 Å². The summed E-state index contributed by atoms with van der Waals surface area (Å²) in [5.41, 5.74) is 7.39. The molecule has 0 aliphatic carbocycles. The Balaban J connectivity index is 2.64. The van der Waals surface area contributed by atoms with Crippen molar-refractivity contribution in [1.82, 2.24) is 0 Å². The molecule has 0 bridgehead atoms. The number of amides is 1. The molecule has 3 nitrogen and oxygen atoms in total. The molecule has 0 radical (unpaired) electrons. The summed E-state index contributed by atoms with van der Waals surface area (Å²) in [5.74, 6) is 0. The molecular formula is C9H12N2O. The fourth-order valence-electron chi connectivity index (χ4n) is 1.00. The average Bonchev–Trinajstić information content (AvgIpc) is 2.09. The van der Waals surface area contributed by atoms with Gasteiger partial charge in [-0.25, -0.2) is 0 Å². The van der Waals surface area contributed by atoms with Gasteiger partial charge in [0.1, 0.15) is 0 Å². The van der Waals surface area contributed by atoms with Crippen molar-refractivity contribution in [2.75, 3.05) is 11.9 Å². The van der Waals surface area contributed by atoms with Gasteiger partial charge in [-0.3, -0.25) is 4.79 Å². The van der Waals surface area contributed by atoms with Crippen LogP contribution in [0.3, 0.4) is 0 Å². The SMILES string of the molecule is NCCc1ccc(NC=O)cc1. The van der Waals surface area contributed by atoms with E-state index in [-0.39, 0.29) is 0 Å². The minimum Gasteiger partial charge on any atom is -0.330 e. The Bertz CT molecular complexity index is 243. The fraction of sp³-hybridized carbons (Fsp3) is 0.222. The third-order valence-electron chi connectivity index (χ3n) is 1.61. The number of carbonyl (C=O) groups excluding carboxylic acids is 1. The molecule has 1 aromatic carbocycles. The van der Waals surface area contributed by atoms with Crippen molar-refractivity contribution in [1.29, 1.82) is 0 Å². The Morgan fingerprint density at radius 2 is 2.00 bits per heavy atom. The first kappa shape index (κ1) is 8.74. The first-order valence-electron chi connectivity index (χ1n) is 3.86.